The van der Waals surface area contributed by atoms with Crippen molar-refractivity contribution in [1.29, 1.82) is 0 Å². The molecule has 12 heteroatoms. The summed E-state index contributed by atoms with van der Waals surface area (Å²) < 4.78 is 15.4. The third-order valence-corrected chi connectivity index (χ3v) is 4.21. The number of benzene rings is 1. The smallest absolute Gasteiger partial charge is 0.335 e. The third kappa shape index (κ3) is 3.65. The molecule has 2 aliphatic heterocycles. The molecule has 2 aromatic rings. The van der Waals surface area contributed by atoms with Crippen LogP contribution < -0.4 is 20.1 Å². The van der Waals surface area contributed by atoms with Gasteiger partial charge in [0.15, 0.2) is 11.5 Å². The minimum absolute atomic E-state index is 0.0665. The topological polar surface area (TPSA) is 147 Å². The second-order valence-electron chi connectivity index (χ2n) is 6.21. The average Bonchev–Trinajstić information content (AvgIpc) is 3.43. The maximum Gasteiger partial charge on any atom is 0.335 e. The Bertz CT molecular complexity index is 1050. The zero-order valence-corrected chi connectivity index (χ0v) is 15.2. The summed E-state index contributed by atoms with van der Waals surface area (Å²) in [5, 5.41) is 4.40. The zero-order chi connectivity index (χ0) is 21.3. The van der Waals surface area contributed by atoms with Gasteiger partial charge in [-0.3, -0.25) is 19.7 Å². The fourth-order valence-corrected chi connectivity index (χ4v) is 2.83. The van der Waals surface area contributed by atoms with Gasteiger partial charge in [0.25, 0.3) is 0 Å². The molecule has 30 heavy (non-hydrogen) atoms. The molecule has 1 saturated heterocycles. The van der Waals surface area contributed by atoms with Crippen LogP contribution in [0, 0.1) is 0 Å². The lowest BCUT2D eigenvalue weighted by atomic mass is 10.3. The number of hydrogen-bond donors (Lipinski definition) is 2. The van der Waals surface area contributed by atoms with Crippen LogP contribution in [-0.2, 0) is 20.9 Å². The SMILES string of the molecule is O=C(CN1C(=O)C(=O)N(Cc2ccco2)C1=O)NC(=O)Nc1ccc2c(c1)OCO2. The summed E-state index contributed by atoms with van der Waals surface area (Å²) in [6.07, 6.45) is 1.35. The van der Waals surface area contributed by atoms with Crippen molar-refractivity contribution in [2.45, 2.75) is 6.54 Å². The molecule has 0 bridgehead atoms. The summed E-state index contributed by atoms with van der Waals surface area (Å²) in [6, 6.07) is 5.85. The first-order valence-electron chi connectivity index (χ1n) is 8.62. The third-order valence-electron chi connectivity index (χ3n) is 4.21. The van der Waals surface area contributed by atoms with E-state index in [4.69, 9.17) is 13.9 Å². The number of fused-ring (bicyclic) bond motifs is 1. The molecule has 0 atom stereocenters. The normalized spacial score (nSPS) is 15.0. The molecule has 1 aromatic heterocycles. The second kappa shape index (κ2) is 7.58. The number of nitrogens with one attached hydrogen (secondary N) is 2. The number of ether oxygens (including phenoxy) is 2. The number of rotatable bonds is 5. The van der Waals surface area contributed by atoms with E-state index in [0.29, 0.717) is 32.7 Å². The number of amides is 7. The Kier molecular flexibility index (Phi) is 4.80. The van der Waals surface area contributed by atoms with Crippen LogP contribution >= 0.6 is 0 Å². The van der Waals surface area contributed by atoms with Crippen molar-refractivity contribution in [3.8, 4) is 11.5 Å². The quantitative estimate of drug-likeness (QED) is 0.535. The molecule has 2 aliphatic rings. The fourth-order valence-electron chi connectivity index (χ4n) is 2.83. The molecule has 4 rings (SSSR count). The summed E-state index contributed by atoms with van der Waals surface area (Å²) >= 11 is 0. The van der Waals surface area contributed by atoms with Gasteiger partial charge in [0, 0.05) is 11.8 Å². The van der Waals surface area contributed by atoms with E-state index in [1.807, 2.05) is 5.32 Å². The Morgan fingerprint density at radius 2 is 1.77 bits per heavy atom. The maximum absolute atomic E-state index is 12.3. The summed E-state index contributed by atoms with van der Waals surface area (Å²) in [5.41, 5.74) is 0.331. The first-order valence-corrected chi connectivity index (χ1v) is 8.62. The number of hydrogen-bond acceptors (Lipinski definition) is 8. The highest BCUT2D eigenvalue weighted by molar-refractivity contribution is 6.45. The summed E-state index contributed by atoms with van der Waals surface area (Å²) in [6.45, 7) is -0.983. The molecular formula is C18H14N4O8. The number of carbonyl (C=O) groups excluding carboxylic acids is 5. The first kappa shape index (κ1) is 19.0. The van der Waals surface area contributed by atoms with Gasteiger partial charge >= 0.3 is 23.9 Å². The van der Waals surface area contributed by atoms with Crippen molar-refractivity contribution in [2.24, 2.45) is 0 Å². The first-order chi connectivity index (χ1) is 14.4. The van der Waals surface area contributed by atoms with E-state index in [9.17, 15) is 24.0 Å². The van der Waals surface area contributed by atoms with Crippen LogP contribution in [0.5, 0.6) is 11.5 Å². The van der Waals surface area contributed by atoms with Crippen molar-refractivity contribution in [1.82, 2.24) is 15.1 Å². The molecule has 0 unspecified atom stereocenters. The second-order valence-corrected chi connectivity index (χ2v) is 6.21. The zero-order valence-electron chi connectivity index (χ0n) is 15.2. The molecule has 0 radical (unpaired) electrons. The van der Waals surface area contributed by atoms with Gasteiger partial charge in [-0.2, -0.15) is 0 Å². The molecule has 12 nitrogen and oxygen atoms in total. The van der Waals surface area contributed by atoms with Gasteiger partial charge < -0.3 is 19.2 Å². The lowest BCUT2D eigenvalue weighted by Gasteiger charge is -2.14. The monoisotopic (exact) mass is 414 g/mol. The van der Waals surface area contributed by atoms with Crippen molar-refractivity contribution in [2.75, 3.05) is 18.7 Å². The highest BCUT2D eigenvalue weighted by Crippen LogP contribution is 2.34. The molecule has 0 saturated carbocycles. The fraction of sp³-hybridized carbons (Fsp3) is 0.167. The molecule has 154 valence electrons. The van der Waals surface area contributed by atoms with Gasteiger partial charge in [0.05, 0.1) is 12.8 Å². The number of urea groups is 2. The van der Waals surface area contributed by atoms with Gasteiger partial charge in [-0.25, -0.2) is 19.4 Å². The Morgan fingerprint density at radius 3 is 2.53 bits per heavy atom. The van der Waals surface area contributed by atoms with Crippen LogP contribution in [0.1, 0.15) is 5.76 Å². The van der Waals surface area contributed by atoms with Gasteiger partial charge in [-0.1, -0.05) is 0 Å². The Morgan fingerprint density at radius 1 is 1.00 bits per heavy atom. The molecule has 1 aromatic carbocycles. The number of nitrogens with zero attached hydrogens (tertiary/aromatic N) is 2. The highest BCUT2D eigenvalue weighted by Gasteiger charge is 2.45. The van der Waals surface area contributed by atoms with Crippen molar-refractivity contribution in [3.05, 3.63) is 42.4 Å². The van der Waals surface area contributed by atoms with Crippen LogP contribution in [0.25, 0.3) is 0 Å². The van der Waals surface area contributed by atoms with E-state index >= 15 is 0 Å². The van der Waals surface area contributed by atoms with Crippen LogP contribution in [0.4, 0.5) is 15.3 Å². The maximum atomic E-state index is 12.3. The van der Waals surface area contributed by atoms with Gasteiger partial charge in [-0.15, -0.1) is 0 Å². The van der Waals surface area contributed by atoms with Gasteiger partial charge in [0.2, 0.25) is 12.7 Å². The molecule has 1 fully saturated rings. The van der Waals surface area contributed by atoms with E-state index in [1.54, 1.807) is 12.1 Å². The van der Waals surface area contributed by atoms with E-state index in [2.05, 4.69) is 5.32 Å². The predicted molar refractivity (Wildman–Crippen MR) is 96.1 cm³/mol. The van der Waals surface area contributed by atoms with E-state index in [0.717, 1.165) is 0 Å². The molecule has 0 aliphatic carbocycles. The Balaban J connectivity index is 1.34. The Hall–Kier alpha value is -4.35. The molecule has 7 amide bonds. The summed E-state index contributed by atoms with van der Waals surface area (Å²) in [7, 11) is 0. The lowest BCUT2D eigenvalue weighted by molar-refractivity contribution is -0.144. The number of anilines is 1. The minimum atomic E-state index is -1.17. The number of imide groups is 3. The van der Waals surface area contributed by atoms with Crippen LogP contribution in [0.2, 0.25) is 0 Å². The van der Waals surface area contributed by atoms with E-state index in [1.165, 1.54) is 24.5 Å². The van der Waals surface area contributed by atoms with Crippen LogP contribution in [0.3, 0.4) is 0 Å². The van der Waals surface area contributed by atoms with Gasteiger partial charge in [0.1, 0.15) is 12.3 Å². The van der Waals surface area contributed by atoms with Crippen LogP contribution in [-0.4, -0.2) is 52.9 Å². The average molecular weight is 414 g/mol. The predicted octanol–water partition coefficient (Wildman–Crippen LogP) is 0.647. The van der Waals surface area contributed by atoms with E-state index < -0.39 is 36.3 Å². The van der Waals surface area contributed by atoms with Crippen molar-refractivity contribution < 1.29 is 37.9 Å². The Labute approximate surface area is 168 Å². The standard InChI is InChI=1S/C18H14N4O8/c23-14(20-17(26)19-10-3-4-12-13(6-10)30-9-29-12)8-22-16(25)15(24)21(18(22)27)7-11-2-1-5-28-11/h1-6H,7-9H2,(H2,19,20,23,26). The van der Waals surface area contributed by atoms with Crippen molar-refractivity contribution in [3.63, 3.8) is 0 Å². The molecule has 0 spiro atoms. The summed E-state index contributed by atoms with van der Waals surface area (Å²) in [4.78, 5) is 61.6. The molecule has 2 N–H and O–H groups in total. The van der Waals surface area contributed by atoms with Gasteiger partial charge in [-0.05, 0) is 24.3 Å². The highest BCUT2D eigenvalue weighted by atomic mass is 16.7. The minimum Gasteiger partial charge on any atom is -0.467 e. The van der Waals surface area contributed by atoms with E-state index in [-0.39, 0.29) is 13.3 Å². The van der Waals surface area contributed by atoms with Crippen molar-refractivity contribution >= 4 is 35.5 Å². The van der Waals surface area contributed by atoms with Crippen LogP contribution in [0.15, 0.2) is 41.0 Å². The largest absolute Gasteiger partial charge is 0.467 e. The molecule has 3 heterocycles. The number of carbonyl (C=O) groups is 5. The summed E-state index contributed by atoms with van der Waals surface area (Å²) in [5.74, 6) is -1.97. The lowest BCUT2D eigenvalue weighted by Crippen LogP contribution is -2.44. The molecular weight excluding hydrogens is 400 g/mol. The number of furan rings is 1.